The maximum atomic E-state index is 12.2. The molecule has 0 bridgehead atoms. The average Bonchev–Trinajstić information content (AvgIpc) is 2.41. The van der Waals surface area contributed by atoms with Crippen molar-refractivity contribution in [2.45, 2.75) is 25.1 Å². The number of hydrogen-bond donors (Lipinski definition) is 1. The monoisotopic (exact) mass is 280 g/mol. The highest BCUT2D eigenvalue weighted by Crippen LogP contribution is 2.24. The van der Waals surface area contributed by atoms with E-state index in [0.29, 0.717) is 16.7 Å². The zero-order valence-electron chi connectivity index (χ0n) is 11.3. The number of benzene rings is 1. The molecule has 1 saturated heterocycles. The van der Waals surface area contributed by atoms with Gasteiger partial charge < -0.3 is 15.4 Å². The van der Waals surface area contributed by atoms with Gasteiger partial charge >= 0.3 is 0 Å². The van der Waals surface area contributed by atoms with Crippen molar-refractivity contribution in [2.24, 2.45) is 0 Å². The number of thioether (sulfide) groups is 1. The summed E-state index contributed by atoms with van der Waals surface area (Å²) in [5, 5.41) is 0.481. The van der Waals surface area contributed by atoms with Crippen LogP contribution in [0.1, 0.15) is 13.8 Å². The molecule has 1 aliphatic heterocycles. The maximum absolute atomic E-state index is 12.2. The normalized spacial score (nSPS) is 23.2. The van der Waals surface area contributed by atoms with Crippen LogP contribution in [0.2, 0.25) is 0 Å². The van der Waals surface area contributed by atoms with Crippen LogP contribution in [-0.4, -0.2) is 41.0 Å². The Labute approximate surface area is 118 Å². The van der Waals surface area contributed by atoms with E-state index < -0.39 is 0 Å². The van der Waals surface area contributed by atoms with Crippen LogP contribution in [-0.2, 0) is 4.79 Å². The largest absolute Gasteiger partial charge is 0.484 e. The van der Waals surface area contributed by atoms with Crippen molar-refractivity contribution >= 4 is 23.4 Å². The van der Waals surface area contributed by atoms with Gasteiger partial charge in [0.1, 0.15) is 5.75 Å². The molecule has 0 saturated carbocycles. The second kappa shape index (κ2) is 6.19. The van der Waals surface area contributed by atoms with Crippen molar-refractivity contribution in [3.05, 3.63) is 24.3 Å². The third-order valence-corrected chi connectivity index (χ3v) is 4.78. The van der Waals surface area contributed by atoms with Crippen molar-refractivity contribution in [1.29, 1.82) is 0 Å². The standard InChI is InChI=1S/C14H20N2O2S/c1-10-11(2)19-8-7-16(10)14(17)9-18-13-5-3-12(15)4-6-13/h3-6,10-11H,7-9,15H2,1-2H3. The van der Waals surface area contributed by atoms with E-state index in [0.717, 1.165) is 12.3 Å². The number of nitrogens with two attached hydrogens (primary N) is 1. The summed E-state index contributed by atoms with van der Waals surface area (Å²) in [6.07, 6.45) is 0. The summed E-state index contributed by atoms with van der Waals surface area (Å²) < 4.78 is 5.51. The van der Waals surface area contributed by atoms with Crippen LogP contribution in [0.4, 0.5) is 5.69 Å². The van der Waals surface area contributed by atoms with Crippen molar-refractivity contribution in [2.75, 3.05) is 24.6 Å². The predicted molar refractivity (Wildman–Crippen MR) is 79.4 cm³/mol. The van der Waals surface area contributed by atoms with E-state index in [2.05, 4.69) is 13.8 Å². The Bertz CT molecular complexity index is 436. The highest BCUT2D eigenvalue weighted by molar-refractivity contribution is 8.00. The number of anilines is 1. The first-order chi connectivity index (χ1) is 9.08. The van der Waals surface area contributed by atoms with E-state index in [-0.39, 0.29) is 18.6 Å². The molecule has 1 aromatic carbocycles. The number of rotatable bonds is 3. The third kappa shape index (κ3) is 3.56. The van der Waals surface area contributed by atoms with Gasteiger partial charge in [-0.25, -0.2) is 0 Å². The molecule has 0 spiro atoms. The SMILES string of the molecule is CC1SCCN(C(=O)COc2ccc(N)cc2)C1C. The molecule has 104 valence electrons. The van der Waals surface area contributed by atoms with Crippen LogP contribution in [0.15, 0.2) is 24.3 Å². The minimum Gasteiger partial charge on any atom is -0.484 e. The first-order valence-corrected chi connectivity index (χ1v) is 7.52. The van der Waals surface area contributed by atoms with Gasteiger partial charge in [0.05, 0.1) is 0 Å². The Balaban J connectivity index is 1.88. The van der Waals surface area contributed by atoms with Gasteiger partial charge in [0, 0.05) is 29.3 Å². The highest BCUT2D eigenvalue weighted by Gasteiger charge is 2.28. The van der Waals surface area contributed by atoms with Crippen LogP contribution in [0.3, 0.4) is 0 Å². The second-order valence-electron chi connectivity index (χ2n) is 4.76. The summed E-state index contributed by atoms with van der Waals surface area (Å²) in [4.78, 5) is 14.1. The topological polar surface area (TPSA) is 55.6 Å². The molecule has 1 amide bonds. The lowest BCUT2D eigenvalue weighted by atomic mass is 10.2. The lowest BCUT2D eigenvalue weighted by Crippen LogP contribution is -2.49. The van der Waals surface area contributed by atoms with E-state index in [4.69, 9.17) is 10.5 Å². The first-order valence-electron chi connectivity index (χ1n) is 6.47. The molecule has 0 aliphatic carbocycles. The fourth-order valence-electron chi connectivity index (χ4n) is 2.08. The molecule has 2 N–H and O–H groups in total. The third-order valence-electron chi connectivity index (χ3n) is 3.45. The number of ether oxygens (including phenoxy) is 1. The van der Waals surface area contributed by atoms with Gasteiger partial charge in [0.15, 0.2) is 6.61 Å². The van der Waals surface area contributed by atoms with E-state index in [1.165, 1.54) is 0 Å². The quantitative estimate of drug-likeness (QED) is 0.860. The smallest absolute Gasteiger partial charge is 0.260 e. The van der Waals surface area contributed by atoms with Crippen molar-refractivity contribution in [3.63, 3.8) is 0 Å². The number of amides is 1. The van der Waals surface area contributed by atoms with Crippen LogP contribution in [0.5, 0.6) is 5.75 Å². The van der Waals surface area contributed by atoms with Gasteiger partial charge in [-0.15, -0.1) is 0 Å². The summed E-state index contributed by atoms with van der Waals surface area (Å²) in [7, 11) is 0. The van der Waals surface area contributed by atoms with Gasteiger partial charge in [0.25, 0.3) is 5.91 Å². The molecule has 4 nitrogen and oxygen atoms in total. The van der Waals surface area contributed by atoms with E-state index >= 15 is 0 Å². The molecule has 5 heteroatoms. The van der Waals surface area contributed by atoms with Gasteiger partial charge in [-0.1, -0.05) is 6.92 Å². The predicted octanol–water partition coefficient (Wildman–Crippen LogP) is 2.00. The van der Waals surface area contributed by atoms with E-state index in [1.807, 2.05) is 16.7 Å². The Morgan fingerprint density at radius 3 is 2.79 bits per heavy atom. The molecule has 2 rings (SSSR count). The highest BCUT2D eigenvalue weighted by atomic mass is 32.2. The second-order valence-corrected chi connectivity index (χ2v) is 6.25. The summed E-state index contributed by atoms with van der Waals surface area (Å²) in [5.74, 6) is 1.73. The van der Waals surface area contributed by atoms with Gasteiger partial charge in [-0.3, -0.25) is 4.79 Å². The molecule has 19 heavy (non-hydrogen) atoms. The summed E-state index contributed by atoms with van der Waals surface area (Å²) in [5.41, 5.74) is 6.29. The zero-order valence-corrected chi connectivity index (χ0v) is 12.2. The maximum Gasteiger partial charge on any atom is 0.260 e. The summed E-state index contributed by atoms with van der Waals surface area (Å²) in [6, 6.07) is 7.35. The molecule has 0 radical (unpaired) electrons. The number of nitrogen functional groups attached to an aromatic ring is 1. The Morgan fingerprint density at radius 2 is 2.11 bits per heavy atom. The van der Waals surface area contributed by atoms with Crippen LogP contribution < -0.4 is 10.5 Å². The molecule has 1 aromatic rings. The van der Waals surface area contributed by atoms with Gasteiger partial charge in [0.2, 0.25) is 0 Å². The minimum absolute atomic E-state index is 0.0523. The molecule has 1 fully saturated rings. The lowest BCUT2D eigenvalue weighted by molar-refractivity contribution is -0.135. The number of carbonyl (C=O) groups is 1. The summed E-state index contributed by atoms with van der Waals surface area (Å²) in [6.45, 7) is 5.15. The fourth-order valence-corrected chi connectivity index (χ4v) is 3.18. The molecule has 1 aliphatic rings. The molecule has 0 aromatic heterocycles. The van der Waals surface area contributed by atoms with Crippen LogP contribution in [0, 0.1) is 0 Å². The van der Waals surface area contributed by atoms with Gasteiger partial charge in [-0.05, 0) is 31.2 Å². The lowest BCUT2D eigenvalue weighted by Gasteiger charge is -2.37. The molecular weight excluding hydrogens is 260 g/mol. The van der Waals surface area contributed by atoms with Gasteiger partial charge in [-0.2, -0.15) is 11.8 Å². The van der Waals surface area contributed by atoms with Crippen molar-refractivity contribution in [1.82, 2.24) is 4.90 Å². The van der Waals surface area contributed by atoms with Crippen LogP contribution >= 0.6 is 11.8 Å². The van der Waals surface area contributed by atoms with Crippen molar-refractivity contribution in [3.8, 4) is 5.75 Å². The van der Waals surface area contributed by atoms with Crippen LogP contribution in [0.25, 0.3) is 0 Å². The molecular formula is C14H20N2O2S. The Morgan fingerprint density at radius 1 is 1.42 bits per heavy atom. The number of nitrogens with zero attached hydrogens (tertiary/aromatic N) is 1. The Hall–Kier alpha value is -1.36. The zero-order chi connectivity index (χ0) is 13.8. The Kier molecular flexibility index (Phi) is 4.58. The number of hydrogen-bond acceptors (Lipinski definition) is 4. The molecule has 1 heterocycles. The number of carbonyl (C=O) groups excluding carboxylic acids is 1. The molecule has 2 unspecified atom stereocenters. The average molecular weight is 280 g/mol. The van der Waals surface area contributed by atoms with E-state index in [1.54, 1.807) is 24.3 Å². The molecule has 2 atom stereocenters. The summed E-state index contributed by atoms with van der Waals surface area (Å²) >= 11 is 1.91. The van der Waals surface area contributed by atoms with Crippen molar-refractivity contribution < 1.29 is 9.53 Å². The fraction of sp³-hybridized carbons (Fsp3) is 0.500. The van der Waals surface area contributed by atoms with E-state index in [9.17, 15) is 4.79 Å². The first kappa shape index (κ1) is 14.1. The minimum atomic E-state index is 0.0523.